The summed E-state index contributed by atoms with van der Waals surface area (Å²) in [6.45, 7) is 0.210. The fourth-order valence-electron chi connectivity index (χ4n) is 2.57. The van der Waals surface area contributed by atoms with Crippen molar-refractivity contribution < 1.29 is 4.79 Å². The van der Waals surface area contributed by atoms with Crippen LogP contribution in [0, 0.1) is 0 Å². The van der Waals surface area contributed by atoms with Crippen molar-refractivity contribution in [2.45, 2.75) is 25.4 Å². The average Bonchev–Trinajstić information content (AvgIpc) is 3.29. The minimum atomic E-state index is -0.00679. The van der Waals surface area contributed by atoms with Crippen LogP contribution in [0.25, 0.3) is 22.6 Å². The van der Waals surface area contributed by atoms with Crippen molar-refractivity contribution in [3.63, 3.8) is 0 Å². The van der Waals surface area contributed by atoms with Gasteiger partial charge in [-0.2, -0.15) is 0 Å². The third-order valence-corrected chi connectivity index (χ3v) is 4.10. The maximum absolute atomic E-state index is 12.2. The van der Waals surface area contributed by atoms with Crippen LogP contribution >= 0.6 is 11.6 Å². The Bertz CT molecular complexity index is 868. The van der Waals surface area contributed by atoms with Gasteiger partial charge in [0.05, 0.1) is 0 Å². The molecule has 1 saturated carbocycles. The predicted molar refractivity (Wildman–Crippen MR) is 89.1 cm³/mol. The van der Waals surface area contributed by atoms with Gasteiger partial charge in [-0.1, -0.05) is 11.6 Å². The number of carbonyl (C=O) groups excluding carboxylic acids is 1. The first-order valence-corrected chi connectivity index (χ1v) is 7.95. The molecule has 23 heavy (non-hydrogen) atoms. The molecule has 116 valence electrons. The number of aromatic nitrogens is 3. The first kappa shape index (κ1) is 14.2. The number of hydrogen-bond acceptors (Lipinski definition) is 3. The summed E-state index contributed by atoms with van der Waals surface area (Å²) in [5, 5.41) is 3.68. The topological polar surface area (TPSA) is 59.8 Å². The van der Waals surface area contributed by atoms with Crippen molar-refractivity contribution in [3.8, 4) is 11.4 Å². The van der Waals surface area contributed by atoms with Crippen LogP contribution in [0.4, 0.5) is 0 Å². The molecule has 1 aliphatic carbocycles. The standard InChI is InChI=1S/C17H15ClN4O/c18-12-5-3-11(4-6-12)16-21-14-2-1-9-19-17(14)22(16)10-15(23)20-13-7-8-13/h1-6,9,13H,7-8,10H2,(H,20,23). The fraction of sp³-hybridized carbons (Fsp3) is 0.235. The van der Waals surface area contributed by atoms with Crippen LogP contribution in [-0.2, 0) is 11.3 Å². The van der Waals surface area contributed by atoms with E-state index >= 15 is 0 Å². The van der Waals surface area contributed by atoms with Gasteiger partial charge in [-0.15, -0.1) is 0 Å². The highest BCUT2D eigenvalue weighted by atomic mass is 35.5. The van der Waals surface area contributed by atoms with Gasteiger partial charge in [-0.05, 0) is 49.2 Å². The Labute approximate surface area is 138 Å². The second-order valence-corrected chi connectivity index (χ2v) is 6.15. The van der Waals surface area contributed by atoms with Crippen LogP contribution in [0.2, 0.25) is 5.02 Å². The molecule has 2 heterocycles. The number of carbonyl (C=O) groups is 1. The molecule has 0 atom stereocenters. The quantitative estimate of drug-likeness (QED) is 0.801. The second kappa shape index (κ2) is 5.66. The molecular weight excluding hydrogens is 312 g/mol. The van der Waals surface area contributed by atoms with Crippen LogP contribution in [0.1, 0.15) is 12.8 Å². The molecule has 1 aromatic carbocycles. The lowest BCUT2D eigenvalue weighted by molar-refractivity contribution is -0.121. The lowest BCUT2D eigenvalue weighted by Gasteiger charge is -2.09. The Balaban J connectivity index is 1.77. The van der Waals surface area contributed by atoms with Crippen LogP contribution in [-0.4, -0.2) is 26.5 Å². The zero-order chi connectivity index (χ0) is 15.8. The highest BCUT2D eigenvalue weighted by Gasteiger charge is 2.24. The maximum Gasteiger partial charge on any atom is 0.240 e. The number of hydrogen-bond donors (Lipinski definition) is 1. The summed E-state index contributed by atoms with van der Waals surface area (Å²) in [5.74, 6) is 0.717. The van der Waals surface area contributed by atoms with Crippen molar-refractivity contribution >= 4 is 28.7 Å². The van der Waals surface area contributed by atoms with Crippen molar-refractivity contribution in [3.05, 3.63) is 47.6 Å². The lowest BCUT2D eigenvalue weighted by atomic mass is 10.2. The summed E-state index contributed by atoms with van der Waals surface area (Å²) >= 11 is 5.96. The molecule has 0 radical (unpaired) electrons. The number of nitrogens with one attached hydrogen (secondary N) is 1. The van der Waals surface area contributed by atoms with Crippen molar-refractivity contribution in [1.29, 1.82) is 0 Å². The smallest absolute Gasteiger partial charge is 0.240 e. The zero-order valence-electron chi connectivity index (χ0n) is 12.4. The SMILES string of the molecule is O=C(Cn1c(-c2ccc(Cl)cc2)nc2cccnc21)NC1CC1. The van der Waals surface area contributed by atoms with E-state index in [1.165, 1.54) is 0 Å². The largest absolute Gasteiger partial charge is 0.352 e. The van der Waals surface area contributed by atoms with E-state index in [2.05, 4.69) is 15.3 Å². The van der Waals surface area contributed by atoms with Crippen molar-refractivity contribution in [2.24, 2.45) is 0 Å². The van der Waals surface area contributed by atoms with Gasteiger partial charge >= 0.3 is 0 Å². The summed E-state index contributed by atoms with van der Waals surface area (Å²) in [7, 11) is 0. The summed E-state index contributed by atoms with van der Waals surface area (Å²) in [5.41, 5.74) is 2.40. The molecule has 2 aromatic heterocycles. The number of nitrogens with zero attached hydrogens (tertiary/aromatic N) is 3. The molecule has 0 bridgehead atoms. The summed E-state index contributed by atoms with van der Waals surface area (Å²) < 4.78 is 1.86. The minimum absolute atomic E-state index is 0.00679. The molecular formula is C17H15ClN4O. The Morgan fingerprint density at radius 1 is 1.26 bits per heavy atom. The summed E-state index contributed by atoms with van der Waals surface area (Å²) in [4.78, 5) is 21.3. The van der Waals surface area contributed by atoms with Gasteiger partial charge in [0, 0.05) is 22.8 Å². The van der Waals surface area contributed by atoms with E-state index in [-0.39, 0.29) is 12.5 Å². The first-order valence-electron chi connectivity index (χ1n) is 7.57. The van der Waals surface area contributed by atoms with Crippen LogP contribution in [0.5, 0.6) is 0 Å². The number of rotatable bonds is 4. The monoisotopic (exact) mass is 326 g/mol. The molecule has 0 spiro atoms. The van der Waals surface area contributed by atoms with E-state index in [1.54, 1.807) is 6.20 Å². The highest BCUT2D eigenvalue weighted by molar-refractivity contribution is 6.30. The average molecular weight is 327 g/mol. The number of halogens is 1. The molecule has 1 N–H and O–H groups in total. The Morgan fingerprint density at radius 3 is 2.78 bits per heavy atom. The van der Waals surface area contributed by atoms with E-state index in [9.17, 15) is 4.79 Å². The second-order valence-electron chi connectivity index (χ2n) is 5.72. The number of fused-ring (bicyclic) bond motifs is 1. The zero-order valence-corrected chi connectivity index (χ0v) is 13.1. The molecule has 6 heteroatoms. The number of pyridine rings is 1. The first-order chi connectivity index (χ1) is 11.2. The Kier molecular flexibility index (Phi) is 3.50. The molecule has 5 nitrogen and oxygen atoms in total. The van der Waals surface area contributed by atoms with Crippen LogP contribution in [0.15, 0.2) is 42.6 Å². The normalized spacial score (nSPS) is 14.1. The third-order valence-electron chi connectivity index (χ3n) is 3.85. The molecule has 1 fully saturated rings. The summed E-state index contributed by atoms with van der Waals surface area (Å²) in [6, 6.07) is 11.5. The summed E-state index contributed by atoms with van der Waals surface area (Å²) in [6.07, 6.45) is 3.85. The lowest BCUT2D eigenvalue weighted by Crippen LogP contribution is -2.29. The molecule has 0 saturated heterocycles. The molecule has 1 amide bonds. The highest BCUT2D eigenvalue weighted by Crippen LogP contribution is 2.25. The number of imidazole rings is 1. The predicted octanol–water partition coefficient (Wildman–Crippen LogP) is 3.03. The minimum Gasteiger partial charge on any atom is -0.352 e. The maximum atomic E-state index is 12.2. The van der Waals surface area contributed by atoms with Crippen LogP contribution in [0.3, 0.4) is 0 Å². The Morgan fingerprint density at radius 2 is 2.04 bits per heavy atom. The van der Waals surface area contributed by atoms with E-state index in [0.29, 0.717) is 16.7 Å². The molecule has 0 aliphatic heterocycles. The molecule has 3 aromatic rings. The van der Waals surface area contributed by atoms with Crippen LogP contribution < -0.4 is 5.32 Å². The van der Waals surface area contributed by atoms with Crippen molar-refractivity contribution in [1.82, 2.24) is 19.9 Å². The Hall–Kier alpha value is -2.40. The van der Waals surface area contributed by atoms with Gasteiger partial charge in [0.15, 0.2) is 5.65 Å². The van der Waals surface area contributed by atoms with E-state index in [0.717, 1.165) is 29.7 Å². The number of benzene rings is 1. The number of amides is 1. The van der Waals surface area contributed by atoms with Gasteiger partial charge in [0.2, 0.25) is 5.91 Å². The third kappa shape index (κ3) is 2.92. The van der Waals surface area contributed by atoms with E-state index in [4.69, 9.17) is 11.6 Å². The van der Waals surface area contributed by atoms with E-state index < -0.39 is 0 Å². The van der Waals surface area contributed by atoms with Gasteiger partial charge < -0.3 is 5.32 Å². The molecule has 0 unspecified atom stereocenters. The molecule has 4 rings (SSSR count). The van der Waals surface area contributed by atoms with Gasteiger partial charge in [0.1, 0.15) is 17.9 Å². The fourth-order valence-corrected chi connectivity index (χ4v) is 2.70. The van der Waals surface area contributed by atoms with E-state index in [1.807, 2.05) is 41.0 Å². The van der Waals surface area contributed by atoms with Gasteiger partial charge in [-0.25, -0.2) is 9.97 Å². The molecule has 1 aliphatic rings. The van der Waals surface area contributed by atoms with Crippen molar-refractivity contribution in [2.75, 3.05) is 0 Å². The van der Waals surface area contributed by atoms with Gasteiger partial charge in [-0.3, -0.25) is 9.36 Å². The van der Waals surface area contributed by atoms with Gasteiger partial charge in [0.25, 0.3) is 0 Å².